The SMILES string of the molecule is CCNC(C)C1CCN(Cc2cccc(F)c2)CC1. The zero-order valence-electron chi connectivity index (χ0n) is 12.0. The first-order valence-electron chi connectivity index (χ1n) is 7.39. The zero-order valence-corrected chi connectivity index (χ0v) is 12.0. The number of halogens is 1. The van der Waals surface area contributed by atoms with Crippen LogP contribution >= 0.6 is 0 Å². The maximum Gasteiger partial charge on any atom is 0.123 e. The van der Waals surface area contributed by atoms with Crippen molar-refractivity contribution in [2.24, 2.45) is 5.92 Å². The topological polar surface area (TPSA) is 15.3 Å². The van der Waals surface area contributed by atoms with Crippen molar-refractivity contribution >= 4 is 0 Å². The van der Waals surface area contributed by atoms with Crippen LogP contribution in [0.1, 0.15) is 32.3 Å². The molecule has 19 heavy (non-hydrogen) atoms. The maximum atomic E-state index is 13.1. The van der Waals surface area contributed by atoms with Gasteiger partial charge in [0.1, 0.15) is 5.82 Å². The lowest BCUT2D eigenvalue weighted by Crippen LogP contribution is -2.41. The minimum atomic E-state index is -0.131. The summed E-state index contributed by atoms with van der Waals surface area (Å²) in [6, 6.07) is 7.57. The van der Waals surface area contributed by atoms with Gasteiger partial charge in [0.05, 0.1) is 0 Å². The third-order valence-electron chi connectivity index (χ3n) is 4.16. The second kappa shape index (κ2) is 7.01. The summed E-state index contributed by atoms with van der Waals surface area (Å²) in [4.78, 5) is 2.43. The van der Waals surface area contributed by atoms with Gasteiger partial charge in [-0.15, -0.1) is 0 Å². The monoisotopic (exact) mass is 264 g/mol. The van der Waals surface area contributed by atoms with Gasteiger partial charge in [0.25, 0.3) is 0 Å². The molecule has 106 valence electrons. The Kier molecular flexibility index (Phi) is 5.34. The van der Waals surface area contributed by atoms with Crippen LogP contribution in [0.4, 0.5) is 4.39 Å². The van der Waals surface area contributed by atoms with E-state index in [2.05, 4.69) is 24.1 Å². The maximum absolute atomic E-state index is 13.1. The Morgan fingerprint density at radius 2 is 2.11 bits per heavy atom. The van der Waals surface area contributed by atoms with Gasteiger partial charge in [-0.1, -0.05) is 19.1 Å². The van der Waals surface area contributed by atoms with Crippen molar-refractivity contribution in [2.45, 2.75) is 39.3 Å². The molecule has 1 heterocycles. The second-order valence-corrected chi connectivity index (χ2v) is 5.59. The number of benzene rings is 1. The Bertz CT molecular complexity index is 386. The molecule has 0 radical (unpaired) electrons. The molecule has 1 N–H and O–H groups in total. The highest BCUT2D eigenvalue weighted by atomic mass is 19.1. The molecule has 0 saturated carbocycles. The number of likely N-dealkylation sites (tertiary alicyclic amines) is 1. The van der Waals surface area contributed by atoms with Gasteiger partial charge < -0.3 is 5.32 Å². The summed E-state index contributed by atoms with van der Waals surface area (Å²) in [6.07, 6.45) is 2.48. The highest BCUT2D eigenvalue weighted by Crippen LogP contribution is 2.22. The smallest absolute Gasteiger partial charge is 0.123 e. The zero-order chi connectivity index (χ0) is 13.7. The van der Waals surface area contributed by atoms with Crippen LogP contribution in [0.2, 0.25) is 0 Å². The normalized spacial score (nSPS) is 19.5. The van der Waals surface area contributed by atoms with Crippen molar-refractivity contribution in [1.29, 1.82) is 0 Å². The summed E-state index contributed by atoms with van der Waals surface area (Å²) in [5.41, 5.74) is 1.08. The van der Waals surface area contributed by atoms with Gasteiger partial charge in [-0.25, -0.2) is 4.39 Å². The van der Waals surface area contributed by atoms with Crippen LogP contribution in [0.25, 0.3) is 0 Å². The first-order chi connectivity index (χ1) is 9.19. The lowest BCUT2D eigenvalue weighted by molar-refractivity contribution is 0.157. The highest BCUT2D eigenvalue weighted by Gasteiger charge is 2.23. The van der Waals surface area contributed by atoms with Crippen LogP contribution in [-0.2, 0) is 6.54 Å². The number of rotatable bonds is 5. The molecule has 0 spiro atoms. The molecule has 0 aliphatic carbocycles. The molecule has 3 heteroatoms. The van der Waals surface area contributed by atoms with Crippen molar-refractivity contribution < 1.29 is 4.39 Å². The molecule has 0 bridgehead atoms. The minimum absolute atomic E-state index is 0.131. The van der Waals surface area contributed by atoms with Gasteiger partial charge >= 0.3 is 0 Å². The molecule has 1 aliphatic heterocycles. The van der Waals surface area contributed by atoms with E-state index in [0.717, 1.165) is 37.7 Å². The third-order valence-corrected chi connectivity index (χ3v) is 4.16. The average Bonchev–Trinajstić information content (AvgIpc) is 2.40. The summed E-state index contributed by atoms with van der Waals surface area (Å²) in [5.74, 6) is 0.650. The Hall–Kier alpha value is -0.930. The largest absolute Gasteiger partial charge is 0.314 e. The number of hydrogen-bond acceptors (Lipinski definition) is 2. The van der Waals surface area contributed by atoms with E-state index >= 15 is 0 Å². The summed E-state index contributed by atoms with van der Waals surface area (Å²) >= 11 is 0. The number of piperidine rings is 1. The van der Waals surface area contributed by atoms with Crippen LogP contribution in [0.3, 0.4) is 0 Å². The summed E-state index contributed by atoms with van der Waals surface area (Å²) in [7, 11) is 0. The molecule has 1 atom stereocenters. The molecule has 0 amide bonds. The second-order valence-electron chi connectivity index (χ2n) is 5.59. The van der Waals surface area contributed by atoms with E-state index in [1.54, 1.807) is 12.1 Å². The Morgan fingerprint density at radius 3 is 2.74 bits per heavy atom. The number of nitrogens with zero attached hydrogens (tertiary/aromatic N) is 1. The molecular weight excluding hydrogens is 239 g/mol. The molecular formula is C16H25FN2. The van der Waals surface area contributed by atoms with Crippen LogP contribution in [0, 0.1) is 11.7 Å². The Balaban J connectivity index is 1.80. The first kappa shape index (κ1) is 14.5. The van der Waals surface area contributed by atoms with E-state index in [4.69, 9.17) is 0 Å². The third kappa shape index (κ3) is 4.29. The molecule has 1 aromatic rings. The number of hydrogen-bond donors (Lipinski definition) is 1. The summed E-state index contributed by atoms with van der Waals surface area (Å²) in [6.45, 7) is 8.62. The quantitative estimate of drug-likeness (QED) is 0.879. The van der Waals surface area contributed by atoms with E-state index in [0.29, 0.717) is 6.04 Å². The predicted molar refractivity (Wildman–Crippen MR) is 77.5 cm³/mol. The molecule has 1 aromatic carbocycles. The average molecular weight is 264 g/mol. The molecule has 0 aromatic heterocycles. The van der Waals surface area contributed by atoms with Gasteiger partial charge in [-0.2, -0.15) is 0 Å². The molecule has 1 saturated heterocycles. The van der Waals surface area contributed by atoms with E-state index < -0.39 is 0 Å². The highest BCUT2D eigenvalue weighted by molar-refractivity contribution is 5.16. The molecule has 1 fully saturated rings. The van der Waals surface area contributed by atoms with E-state index in [-0.39, 0.29) is 5.82 Å². The molecule has 1 unspecified atom stereocenters. The van der Waals surface area contributed by atoms with Gasteiger partial charge in [0, 0.05) is 12.6 Å². The van der Waals surface area contributed by atoms with Crippen molar-refractivity contribution in [2.75, 3.05) is 19.6 Å². The van der Waals surface area contributed by atoms with Crippen LogP contribution < -0.4 is 5.32 Å². The molecule has 1 aliphatic rings. The van der Waals surface area contributed by atoms with E-state index in [1.165, 1.54) is 18.9 Å². The van der Waals surface area contributed by atoms with Crippen molar-refractivity contribution in [3.8, 4) is 0 Å². The van der Waals surface area contributed by atoms with Crippen molar-refractivity contribution in [3.63, 3.8) is 0 Å². The van der Waals surface area contributed by atoms with E-state index in [9.17, 15) is 4.39 Å². The van der Waals surface area contributed by atoms with E-state index in [1.807, 2.05) is 6.07 Å². The van der Waals surface area contributed by atoms with Gasteiger partial charge in [0.15, 0.2) is 0 Å². The van der Waals surface area contributed by atoms with Gasteiger partial charge in [-0.3, -0.25) is 4.90 Å². The van der Waals surface area contributed by atoms with Crippen molar-refractivity contribution in [3.05, 3.63) is 35.6 Å². The lowest BCUT2D eigenvalue weighted by Gasteiger charge is -2.35. The summed E-state index contributed by atoms with van der Waals surface area (Å²) < 4.78 is 13.1. The minimum Gasteiger partial charge on any atom is -0.314 e. The van der Waals surface area contributed by atoms with Gasteiger partial charge in [-0.05, 0) is 63.0 Å². The predicted octanol–water partition coefficient (Wildman–Crippen LogP) is 3.04. The van der Waals surface area contributed by atoms with Crippen LogP contribution in [-0.4, -0.2) is 30.6 Å². The van der Waals surface area contributed by atoms with Crippen LogP contribution in [0.5, 0.6) is 0 Å². The Morgan fingerprint density at radius 1 is 1.37 bits per heavy atom. The fourth-order valence-corrected chi connectivity index (χ4v) is 2.99. The standard InChI is InChI=1S/C16H25FN2/c1-3-18-13(2)15-7-9-19(10-8-15)12-14-5-4-6-16(17)11-14/h4-6,11,13,15,18H,3,7-10,12H2,1-2H3. The van der Waals surface area contributed by atoms with Crippen LogP contribution in [0.15, 0.2) is 24.3 Å². The lowest BCUT2D eigenvalue weighted by atomic mass is 9.90. The van der Waals surface area contributed by atoms with Gasteiger partial charge in [0.2, 0.25) is 0 Å². The Labute approximate surface area is 116 Å². The fourth-order valence-electron chi connectivity index (χ4n) is 2.99. The fraction of sp³-hybridized carbons (Fsp3) is 0.625. The summed E-state index contributed by atoms with van der Waals surface area (Å²) in [5, 5.41) is 3.52. The molecule has 2 nitrogen and oxygen atoms in total. The first-order valence-corrected chi connectivity index (χ1v) is 7.39. The molecule has 2 rings (SSSR count). The number of nitrogens with one attached hydrogen (secondary N) is 1. The van der Waals surface area contributed by atoms with Crippen molar-refractivity contribution in [1.82, 2.24) is 10.2 Å².